The quantitative estimate of drug-likeness (QED) is 0.522. The third kappa shape index (κ3) is 5.38. The van der Waals surface area contributed by atoms with Crippen LogP contribution in [-0.4, -0.2) is 23.2 Å². The molecule has 82 valence electrons. The van der Waals surface area contributed by atoms with Gasteiger partial charge < -0.3 is 4.90 Å². The first-order valence-electron chi connectivity index (χ1n) is 5.41. The van der Waals surface area contributed by atoms with E-state index in [9.17, 15) is 0 Å². The zero-order valence-corrected chi connectivity index (χ0v) is 10.7. The number of likely N-dealkylation sites (N-methyl/N-ethyl adjacent to an activating group) is 1. The third-order valence-corrected chi connectivity index (χ3v) is 2.34. The molecule has 0 aromatic rings. The number of rotatable bonds is 6. The van der Waals surface area contributed by atoms with Crippen molar-refractivity contribution in [2.45, 2.75) is 39.4 Å². The van der Waals surface area contributed by atoms with Gasteiger partial charge in [0.1, 0.15) is 0 Å². The van der Waals surface area contributed by atoms with E-state index in [1.54, 1.807) is 0 Å². The Bertz CT molecular complexity index is 190. The lowest BCUT2D eigenvalue weighted by atomic mass is 10.2. The van der Waals surface area contributed by atoms with Crippen molar-refractivity contribution in [3.8, 4) is 0 Å². The fourth-order valence-corrected chi connectivity index (χ4v) is 1.46. The molecule has 0 saturated heterocycles. The highest BCUT2D eigenvalue weighted by molar-refractivity contribution is 7.80. The van der Waals surface area contributed by atoms with E-state index in [2.05, 4.69) is 63.5 Å². The predicted octanol–water partition coefficient (Wildman–Crippen LogP) is 3.50. The summed E-state index contributed by atoms with van der Waals surface area (Å²) in [6.45, 7) is 10.7. The van der Waals surface area contributed by atoms with Crippen LogP contribution in [0.4, 0.5) is 0 Å². The lowest BCUT2D eigenvalue weighted by molar-refractivity contribution is 0.393. The topological polar surface area (TPSA) is 3.24 Å². The second kappa shape index (κ2) is 7.98. The van der Waals surface area contributed by atoms with Gasteiger partial charge in [0.2, 0.25) is 0 Å². The summed E-state index contributed by atoms with van der Waals surface area (Å²) in [7, 11) is 0. The van der Waals surface area contributed by atoms with E-state index in [1.165, 1.54) is 5.70 Å². The number of hydrogen-bond donors (Lipinski definition) is 1. The molecule has 1 nitrogen and oxygen atoms in total. The molecule has 0 heterocycles. The van der Waals surface area contributed by atoms with Crippen molar-refractivity contribution in [1.82, 2.24) is 4.90 Å². The van der Waals surface area contributed by atoms with Gasteiger partial charge in [0, 0.05) is 24.0 Å². The van der Waals surface area contributed by atoms with Gasteiger partial charge in [-0.25, -0.2) is 0 Å². The van der Waals surface area contributed by atoms with E-state index >= 15 is 0 Å². The van der Waals surface area contributed by atoms with Gasteiger partial charge in [0.05, 0.1) is 0 Å². The highest BCUT2D eigenvalue weighted by Gasteiger charge is 2.01. The number of nitrogens with zero attached hydrogens (tertiary/aromatic N) is 1. The molecule has 0 spiro atoms. The van der Waals surface area contributed by atoms with E-state index in [0.717, 1.165) is 19.5 Å². The lowest BCUT2D eigenvalue weighted by Crippen LogP contribution is -2.21. The summed E-state index contributed by atoms with van der Waals surface area (Å²) in [6.07, 6.45) is 7.56. The third-order valence-electron chi connectivity index (χ3n) is 2.13. The van der Waals surface area contributed by atoms with E-state index < -0.39 is 0 Å². The molecule has 0 aliphatic carbocycles. The molecule has 0 rings (SSSR count). The van der Waals surface area contributed by atoms with Crippen molar-refractivity contribution < 1.29 is 0 Å². The molecule has 1 atom stereocenters. The maximum absolute atomic E-state index is 4.38. The molecule has 0 aliphatic heterocycles. The smallest absolute Gasteiger partial charge is 0.0322 e. The standard InChI is InChI=1S/C12H23NS/c1-5-8-12(10-9-11(4)14)13(6-2)7-3/h5,8,10-11,14H,6-7,9H2,1-4H3/b8-5-,12-10+. The molecule has 0 N–H and O–H groups in total. The number of hydrogen-bond acceptors (Lipinski definition) is 2. The monoisotopic (exact) mass is 213 g/mol. The molecule has 1 unspecified atom stereocenters. The van der Waals surface area contributed by atoms with Crippen LogP contribution in [0.15, 0.2) is 23.9 Å². The highest BCUT2D eigenvalue weighted by Crippen LogP contribution is 2.10. The maximum Gasteiger partial charge on any atom is 0.0322 e. The number of allylic oxidation sites excluding steroid dienone is 3. The van der Waals surface area contributed by atoms with Gasteiger partial charge in [-0.05, 0) is 33.3 Å². The Labute approximate surface area is 94.3 Å². The van der Waals surface area contributed by atoms with E-state index in [1.807, 2.05) is 0 Å². The van der Waals surface area contributed by atoms with Crippen LogP contribution < -0.4 is 0 Å². The summed E-state index contributed by atoms with van der Waals surface area (Å²) >= 11 is 4.38. The lowest BCUT2D eigenvalue weighted by Gasteiger charge is -2.22. The summed E-state index contributed by atoms with van der Waals surface area (Å²) in [6, 6.07) is 0. The second-order valence-corrected chi connectivity index (χ2v) is 4.27. The predicted molar refractivity (Wildman–Crippen MR) is 68.9 cm³/mol. The van der Waals surface area contributed by atoms with Crippen molar-refractivity contribution in [3.05, 3.63) is 23.9 Å². The maximum atomic E-state index is 4.38. The normalized spacial score (nSPS) is 14.8. The molecule has 0 aliphatic rings. The fourth-order valence-electron chi connectivity index (χ4n) is 1.35. The Morgan fingerprint density at radius 1 is 1.36 bits per heavy atom. The summed E-state index contributed by atoms with van der Waals surface area (Å²) in [5.74, 6) is 0. The van der Waals surface area contributed by atoms with E-state index in [-0.39, 0.29) is 0 Å². The van der Waals surface area contributed by atoms with Crippen molar-refractivity contribution in [2.75, 3.05) is 13.1 Å². The minimum absolute atomic E-state index is 0.436. The first kappa shape index (κ1) is 13.6. The molecule has 14 heavy (non-hydrogen) atoms. The minimum Gasteiger partial charge on any atom is -0.372 e. The van der Waals surface area contributed by atoms with Crippen LogP contribution in [0, 0.1) is 0 Å². The van der Waals surface area contributed by atoms with Gasteiger partial charge in [0.25, 0.3) is 0 Å². The van der Waals surface area contributed by atoms with Crippen LogP contribution in [0.2, 0.25) is 0 Å². The summed E-state index contributed by atoms with van der Waals surface area (Å²) in [5, 5.41) is 0.436. The Morgan fingerprint density at radius 3 is 2.29 bits per heavy atom. The molecule has 0 saturated carbocycles. The van der Waals surface area contributed by atoms with Crippen LogP contribution in [0.3, 0.4) is 0 Å². The zero-order valence-electron chi connectivity index (χ0n) is 9.83. The SMILES string of the molecule is C/C=C\C(=C/CC(C)S)N(CC)CC. The van der Waals surface area contributed by atoms with Crippen molar-refractivity contribution in [1.29, 1.82) is 0 Å². The molecule has 0 radical (unpaired) electrons. The molecular formula is C12H23NS. The molecule has 0 bridgehead atoms. The minimum atomic E-state index is 0.436. The molecule has 2 heteroatoms. The Kier molecular flexibility index (Phi) is 7.77. The van der Waals surface area contributed by atoms with Crippen molar-refractivity contribution >= 4 is 12.6 Å². The van der Waals surface area contributed by atoms with Gasteiger partial charge in [-0.2, -0.15) is 12.6 Å². The van der Waals surface area contributed by atoms with E-state index in [4.69, 9.17) is 0 Å². The zero-order chi connectivity index (χ0) is 11.0. The largest absolute Gasteiger partial charge is 0.372 e. The average Bonchev–Trinajstić information content (AvgIpc) is 2.15. The fraction of sp³-hybridized carbons (Fsp3) is 0.667. The Balaban J connectivity index is 4.47. The molecule has 0 aromatic carbocycles. The van der Waals surface area contributed by atoms with Gasteiger partial charge in [-0.1, -0.05) is 19.1 Å². The van der Waals surface area contributed by atoms with Crippen LogP contribution in [0.1, 0.15) is 34.1 Å². The first-order valence-corrected chi connectivity index (χ1v) is 5.93. The Morgan fingerprint density at radius 2 is 1.93 bits per heavy atom. The summed E-state index contributed by atoms with van der Waals surface area (Å²) in [4.78, 5) is 2.36. The molecule has 0 amide bonds. The van der Waals surface area contributed by atoms with Crippen LogP contribution >= 0.6 is 12.6 Å². The molecular weight excluding hydrogens is 190 g/mol. The average molecular weight is 213 g/mol. The van der Waals surface area contributed by atoms with Crippen molar-refractivity contribution in [3.63, 3.8) is 0 Å². The molecule has 0 aromatic heterocycles. The van der Waals surface area contributed by atoms with Gasteiger partial charge in [-0.15, -0.1) is 0 Å². The van der Waals surface area contributed by atoms with Gasteiger partial charge >= 0.3 is 0 Å². The van der Waals surface area contributed by atoms with E-state index in [0.29, 0.717) is 5.25 Å². The summed E-state index contributed by atoms with van der Waals surface area (Å²) < 4.78 is 0. The Hall–Kier alpha value is -0.370. The summed E-state index contributed by atoms with van der Waals surface area (Å²) in [5.41, 5.74) is 1.32. The second-order valence-electron chi connectivity index (χ2n) is 3.39. The number of thiol groups is 1. The van der Waals surface area contributed by atoms with Crippen LogP contribution in [-0.2, 0) is 0 Å². The van der Waals surface area contributed by atoms with Crippen LogP contribution in [0.5, 0.6) is 0 Å². The van der Waals surface area contributed by atoms with Gasteiger partial charge in [0.15, 0.2) is 0 Å². The van der Waals surface area contributed by atoms with Crippen LogP contribution in [0.25, 0.3) is 0 Å². The van der Waals surface area contributed by atoms with Crippen molar-refractivity contribution in [2.24, 2.45) is 0 Å². The van der Waals surface area contributed by atoms with Gasteiger partial charge in [-0.3, -0.25) is 0 Å². The first-order chi connectivity index (χ1) is 6.65. The molecule has 0 fully saturated rings. The highest BCUT2D eigenvalue weighted by atomic mass is 32.1.